The van der Waals surface area contributed by atoms with Crippen LogP contribution in [-0.4, -0.2) is 9.97 Å². The van der Waals surface area contributed by atoms with Gasteiger partial charge in [0.1, 0.15) is 16.3 Å². The molecule has 1 saturated carbocycles. The summed E-state index contributed by atoms with van der Waals surface area (Å²) in [6.07, 6.45) is -2.71. The molecule has 21 heavy (non-hydrogen) atoms. The van der Waals surface area contributed by atoms with E-state index in [9.17, 15) is 17.6 Å². The van der Waals surface area contributed by atoms with Gasteiger partial charge < -0.3 is 4.98 Å². The first-order valence-corrected chi connectivity index (χ1v) is 6.74. The topological polar surface area (TPSA) is 28.7 Å². The quantitative estimate of drug-likeness (QED) is 0.634. The van der Waals surface area contributed by atoms with Crippen LogP contribution < -0.4 is 0 Å². The second kappa shape index (κ2) is 4.91. The summed E-state index contributed by atoms with van der Waals surface area (Å²) in [7, 11) is 0. The Morgan fingerprint density at radius 2 is 1.90 bits per heavy atom. The van der Waals surface area contributed by atoms with Gasteiger partial charge in [-0.25, -0.2) is 9.37 Å². The number of halogens is 4. The molecule has 2 aromatic rings. The summed E-state index contributed by atoms with van der Waals surface area (Å²) in [5, 5.41) is 0. The minimum atomic E-state index is -4.66. The van der Waals surface area contributed by atoms with E-state index < -0.39 is 17.6 Å². The molecule has 1 aromatic carbocycles. The van der Waals surface area contributed by atoms with E-state index in [1.54, 1.807) is 6.07 Å². The van der Waals surface area contributed by atoms with Crippen molar-refractivity contribution in [2.45, 2.75) is 24.9 Å². The van der Waals surface area contributed by atoms with E-state index in [1.165, 1.54) is 0 Å². The van der Waals surface area contributed by atoms with Gasteiger partial charge in [0.2, 0.25) is 0 Å². The maximum Gasteiger partial charge on any atom is 0.417 e. The van der Waals surface area contributed by atoms with Gasteiger partial charge in [0.05, 0.1) is 5.56 Å². The molecule has 7 heteroatoms. The second-order valence-electron chi connectivity index (χ2n) is 4.99. The Balaban J connectivity index is 2.18. The fraction of sp³-hybridized carbons (Fsp3) is 0.286. The van der Waals surface area contributed by atoms with Crippen LogP contribution in [0.1, 0.15) is 30.0 Å². The third-order valence-corrected chi connectivity index (χ3v) is 3.53. The highest BCUT2D eigenvalue weighted by Crippen LogP contribution is 2.40. The van der Waals surface area contributed by atoms with E-state index in [4.69, 9.17) is 12.2 Å². The summed E-state index contributed by atoms with van der Waals surface area (Å²) in [5.41, 5.74) is -0.478. The zero-order valence-corrected chi connectivity index (χ0v) is 11.5. The van der Waals surface area contributed by atoms with Crippen molar-refractivity contribution in [3.05, 3.63) is 46.0 Å². The number of aromatic amines is 1. The van der Waals surface area contributed by atoms with Gasteiger partial charge in [-0.15, -0.1) is 0 Å². The molecule has 1 aromatic heterocycles. The number of benzene rings is 1. The van der Waals surface area contributed by atoms with Crippen LogP contribution in [0, 0.1) is 10.5 Å². The van der Waals surface area contributed by atoms with Crippen LogP contribution in [0.2, 0.25) is 0 Å². The van der Waals surface area contributed by atoms with Gasteiger partial charge in [-0.3, -0.25) is 0 Å². The summed E-state index contributed by atoms with van der Waals surface area (Å²) >= 11 is 5.01. The molecule has 0 unspecified atom stereocenters. The van der Waals surface area contributed by atoms with Crippen molar-refractivity contribution in [1.82, 2.24) is 9.97 Å². The molecule has 0 saturated heterocycles. The number of alkyl halides is 3. The third kappa shape index (κ3) is 2.97. The number of hydrogen-bond donors (Lipinski definition) is 1. The standard InChI is InChI=1S/C14H10F4N2S/c15-8-3-4-9(10(5-8)14(16,17)18)13-19-11(7-1-2-7)6-12(21)20-13/h3-7H,1-2H2,(H,19,20,21). The highest BCUT2D eigenvalue weighted by Gasteiger charge is 2.35. The SMILES string of the molecule is Fc1ccc(-c2nc(=S)cc(C3CC3)[nH]2)c(C(F)(F)F)c1. The lowest BCUT2D eigenvalue weighted by atomic mass is 10.1. The number of nitrogens with one attached hydrogen (secondary N) is 1. The molecular weight excluding hydrogens is 304 g/mol. The fourth-order valence-electron chi connectivity index (χ4n) is 2.18. The van der Waals surface area contributed by atoms with Crippen LogP contribution in [0.5, 0.6) is 0 Å². The van der Waals surface area contributed by atoms with Gasteiger partial charge in [0, 0.05) is 11.3 Å². The lowest BCUT2D eigenvalue weighted by Gasteiger charge is -2.13. The lowest BCUT2D eigenvalue weighted by Crippen LogP contribution is -2.09. The maximum absolute atomic E-state index is 13.1. The minimum absolute atomic E-state index is 0.0247. The Morgan fingerprint density at radius 1 is 1.19 bits per heavy atom. The molecule has 0 bridgehead atoms. The van der Waals surface area contributed by atoms with Crippen molar-refractivity contribution in [3.8, 4) is 11.4 Å². The Labute approximate surface area is 122 Å². The first kappa shape index (κ1) is 14.2. The average molecular weight is 314 g/mol. The monoisotopic (exact) mass is 314 g/mol. The van der Waals surface area contributed by atoms with Gasteiger partial charge in [-0.05, 0) is 43.0 Å². The summed E-state index contributed by atoms with van der Waals surface area (Å²) in [6.45, 7) is 0. The molecule has 0 atom stereocenters. The molecule has 3 rings (SSSR count). The molecule has 0 spiro atoms. The molecule has 1 fully saturated rings. The molecule has 0 aliphatic heterocycles. The molecule has 1 aliphatic carbocycles. The predicted octanol–water partition coefficient (Wildman–Crippen LogP) is 4.84. The number of nitrogens with zero attached hydrogens (tertiary/aromatic N) is 1. The Hall–Kier alpha value is -1.76. The first-order chi connectivity index (χ1) is 9.84. The third-order valence-electron chi connectivity index (χ3n) is 3.32. The maximum atomic E-state index is 13.1. The largest absolute Gasteiger partial charge is 0.417 e. The first-order valence-electron chi connectivity index (χ1n) is 6.33. The summed E-state index contributed by atoms with van der Waals surface area (Å²) in [5.74, 6) is -0.622. The zero-order chi connectivity index (χ0) is 15.2. The van der Waals surface area contributed by atoms with E-state index in [2.05, 4.69) is 9.97 Å². The molecule has 2 nitrogen and oxygen atoms in total. The van der Waals surface area contributed by atoms with Gasteiger partial charge in [-0.1, -0.05) is 12.2 Å². The number of rotatable bonds is 2. The van der Waals surface area contributed by atoms with Crippen molar-refractivity contribution in [2.75, 3.05) is 0 Å². The second-order valence-corrected chi connectivity index (χ2v) is 5.40. The normalized spacial score (nSPS) is 15.2. The molecule has 0 radical (unpaired) electrons. The smallest absolute Gasteiger partial charge is 0.343 e. The highest BCUT2D eigenvalue weighted by atomic mass is 32.1. The van der Waals surface area contributed by atoms with Crippen LogP contribution in [0.3, 0.4) is 0 Å². The Morgan fingerprint density at radius 3 is 2.52 bits per heavy atom. The molecule has 0 amide bonds. The van der Waals surface area contributed by atoms with Gasteiger partial charge in [0.15, 0.2) is 0 Å². The minimum Gasteiger partial charge on any atom is -0.343 e. The van der Waals surface area contributed by atoms with Gasteiger partial charge in [-0.2, -0.15) is 13.2 Å². The molecular formula is C14H10F4N2S. The van der Waals surface area contributed by atoms with Crippen molar-refractivity contribution in [3.63, 3.8) is 0 Å². The van der Waals surface area contributed by atoms with Crippen molar-refractivity contribution < 1.29 is 17.6 Å². The summed E-state index contributed by atoms with van der Waals surface area (Å²) in [6, 6.07) is 4.18. The number of H-pyrrole nitrogens is 1. The van der Waals surface area contributed by atoms with E-state index in [0.717, 1.165) is 30.7 Å². The van der Waals surface area contributed by atoms with Gasteiger partial charge >= 0.3 is 6.18 Å². The van der Waals surface area contributed by atoms with Crippen LogP contribution in [-0.2, 0) is 6.18 Å². The molecule has 1 aliphatic rings. The number of hydrogen-bond acceptors (Lipinski definition) is 2. The summed E-state index contributed by atoms with van der Waals surface area (Å²) in [4.78, 5) is 6.85. The predicted molar refractivity (Wildman–Crippen MR) is 71.8 cm³/mol. The zero-order valence-electron chi connectivity index (χ0n) is 10.7. The molecule has 1 N–H and O–H groups in total. The van der Waals surface area contributed by atoms with Crippen LogP contribution in [0.15, 0.2) is 24.3 Å². The van der Waals surface area contributed by atoms with Crippen LogP contribution in [0.4, 0.5) is 17.6 Å². The number of aromatic nitrogens is 2. The van der Waals surface area contributed by atoms with E-state index in [1.807, 2.05) is 0 Å². The van der Waals surface area contributed by atoms with Crippen LogP contribution in [0.25, 0.3) is 11.4 Å². The van der Waals surface area contributed by atoms with Crippen LogP contribution >= 0.6 is 12.2 Å². The van der Waals surface area contributed by atoms with E-state index >= 15 is 0 Å². The molecule has 110 valence electrons. The highest BCUT2D eigenvalue weighted by molar-refractivity contribution is 7.71. The van der Waals surface area contributed by atoms with E-state index in [0.29, 0.717) is 12.0 Å². The van der Waals surface area contributed by atoms with E-state index in [-0.39, 0.29) is 16.0 Å². The van der Waals surface area contributed by atoms with Crippen molar-refractivity contribution >= 4 is 12.2 Å². The Kier molecular flexibility index (Phi) is 3.32. The fourth-order valence-corrected chi connectivity index (χ4v) is 2.39. The summed E-state index contributed by atoms with van der Waals surface area (Å²) < 4.78 is 52.5. The van der Waals surface area contributed by atoms with Crippen molar-refractivity contribution in [2.24, 2.45) is 0 Å². The average Bonchev–Trinajstić information content (AvgIpc) is 3.21. The van der Waals surface area contributed by atoms with Gasteiger partial charge in [0.25, 0.3) is 0 Å². The lowest BCUT2D eigenvalue weighted by molar-refractivity contribution is -0.137. The molecule has 1 heterocycles. The van der Waals surface area contributed by atoms with Crippen molar-refractivity contribution in [1.29, 1.82) is 0 Å². The Bertz CT molecular complexity index is 747.